The van der Waals surface area contributed by atoms with Gasteiger partial charge in [-0.3, -0.25) is 23.7 Å². The summed E-state index contributed by atoms with van der Waals surface area (Å²) < 4.78 is 5.50. The zero-order valence-corrected chi connectivity index (χ0v) is 24.6. The zero-order chi connectivity index (χ0) is 29.5. The molecule has 5 aromatic rings. The molecule has 0 saturated heterocycles. The van der Waals surface area contributed by atoms with E-state index in [4.69, 9.17) is 11.6 Å². The number of hydrogen-bond donors (Lipinski definition) is 2. The first-order valence-electron chi connectivity index (χ1n) is 14.2. The average Bonchev–Trinajstić information content (AvgIpc) is 3.47. The Morgan fingerprint density at radius 2 is 1.71 bits per heavy atom. The first-order chi connectivity index (χ1) is 20.2. The van der Waals surface area contributed by atoms with Gasteiger partial charge in [0.15, 0.2) is 0 Å². The summed E-state index contributed by atoms with van der Waals surface area (Å²) in [6.45, 7) is 2.41. The molecule has 42 heavy (non-hydrogen) atoms. The van der Waals surface area contributed by atoms with E-state index in [9.17, 15) is 14.4 Å². The van der Waals surface area contributed by atoms with Crippen LogP contribution >= 0.6 is 11.6 Å². The van der Waals surface area contributed by atoms with Crippen molar-refractivity contribution in [3.05, 3.63) is 93.3 Å². The van der Waals surface area contributed by atoms with Crippen LogP contribution in [0.25, 0.3) is 27.6 Å². The second-order valence-electron chi connectivity index (χ2n) is 11.1. The molecule has 9 nitrogen and oxygen atoms in total. The van der Waals surface area contributed by atoms with Crippen LogP contribution in [-0.2, 0) is 13.6 Å². The Morgan fingerprint density at radius 3 is 2.45 bits per heavy atom. The highest BCUT2D eigenvalue weighted by Crippen LogP contribution is 2.29. The van der Waals surface area contributed by atoms with E-state index < -0.39 is 0 Å². The van der Waals surface area contributed by atoms with E-state index in [1.54, 1.807) is 30.8 Å². The third-order valence-electron chi connectivity index (χ3n) is 8.50. The lowest BCUT2D eigenvalue weighted by atomic mass is 9.85. The Labute approximate surface area is 248 Å². The molecule has 3 aromatic heterocycles. The molecule has 6 rings (SSSR count). The van der Waals surface area contributed by atoms with E-state index in [1.165, 1.54) is 0 Å². The summed E-state index contributed by atoms with van der Waals surface area (Å²) in [6, 6.07) is 17.3. The van der Waals surface area contributed by atoms with Crippen LogP contribution in [0.1, 0.15) is 52.2 Å². The van der Waals surface area contributed by atoms with E-state index in [0.717, 1.165) is 53.3 Å². The third-order valence-corrected chi connectivity index (χ3v) is 8.71. The molecule has 0 spiro atoms. The molecule has 2 aromatic carbocycles. The molecule has 1 saturated carbocycles. The van der Waals surface area contributed by atoms with E-state index in [0.29, 0.717) is 34.4 Å². The summed E-state index contributed by atoms with van der Waals surface area (Å²) in [5.74, 6) is 0.00867. The minimum absolute atomic E-state index is 0.0717. The maximum absolute atomic E-state index is 13.9. The molecule has 2 N–H and O–H groups in total. The lowest BCUT2D eigenvalue weighted by Gasteiger charge is -2.29. The molecule has 2 amide bonds. The number of carbonyl (C=O) groups excluding carboxylic acids is 2. The van der Waals surface area contributed by atoms with Crippen molar-refractivity contribution < 1.29 is 9.59 Å². The normalized spacial score (nSPS) is 17.0. The molecule has 216 valence electrons. The molecule has 0 radical (unpaired) electrons. The maximum Gasteiger partial charge on any atom is 0.333 e. The number of rotatable bonds is 6. The Morgan fingerprint density at radius 1 is 0.976 bits per heavy atom. The minimum Gasteiger partial charge on any atom is -0.354 e. The Balaban J connectivity index is 1.23. The molecular formula is C32H33ClN6O3. The number of nitrogens with zero attached hydrogens (tertiary/aromatic N) is 4. The fourth-order valence-electron chi connectivity index (χ4n) is 6.20. The van der Waals surface area contributed by atoms with Crippen LogP contribution in [0.15, 0.2) is 65.6 Å². The Hall–Kier alpha value is -4.37. The van der Waals surface area contributed by atoms with E-state index in [2.05, 4.69) is 15.6 Å². The van der Waals surface area contributed by atoms with Gasteiger partial charge in [0.2, 0.25) is 0 Å². The number of fused-ring (bicyclic) bond motifs is 2. The van der Waals surface area contributed by atoms with Gasteiger partial charge >= 0.3 is 5.69 Å². The predicted octanol–water partition coefficient (Wildman–Crippen LogP) is 4.99. The van der Waals surface area contributed by atoms with Gasteiger partial charge in [-0.25, -0.2) is 4.79 Å². The number of nitrogens with one attached hydrogen (secondary N) is 2. The van der Waals surface area contributed by atoms with Crippen LogP contribution < -0.4 is 16.3 Å². The van der Waals surface area contributed by atoms with Crippen molar-refractivity contribution >= 4 is 45.4 Å². The van der Waals surface area contributed by atoms with Crippen LogP contribution in [0.2, 0.25) is 5.02 Å². The monoisotopic (exact) mass is 584 g/mol. The van der Waals surface area contributed by atoms with Crippen molar-refractivity contribution in [3.8, 4) is 5.69 Å². The van der Waals surface area contributed by atoms with E-state index in [-0.39, 0.29) is 23.5 Å². The van der Waals surface area contributed by atoms with Gasteiger partial charge in [-0.2, -0.15) is 0 Å². The molecule has 1 aliphatic rings. The minimum atomic E-state index is -0.158. The molecule has 0 atom stereocenters. The second-order valence-corrected chi connectivity index (χ2v) is 11.5. The summed E-state index contributed by atoms with van der Waals surface area (Å²) in [5.41, 5.74) is 5.04. The molecule has 3 heterocycles. The molecule has 0 aliphatic heterocycles. The van der Waals surface area contributed by atoms with Gasteiger partial charge in [0.05, 0.1) is 33.0 Å². The average molecular weight is 585 g/mol. The fourth-order valence-corrected chi connectivity index (χ4v) is 6.36. The fraction of sp³-hybridized carbons (Fsp3) is 0.312. The highest BCUT2D eigenvalue weighted by molar-refractivity contribution is 6.30. The number of aromatic nitrogens is 4. The molecule has 10 heteroatoms. The van der Waals surface area contributed by atoms with Gasteiger partial charge in [-0.15, -0.1) is 0 Å². The molecule has 0 unspecified atom stereocenters. The number of benzene rings is 2. The van der Waals surface area contributed by atoms with Crippen molar-refractivity contribution in [1.29, 1.82) is 0 Å². The quantitative estimate of drug-likeness (QED) is 0.293. The summed E-state index contributed by atoms with van der Waals surface area (Å²) in [7, 11) is 3.47. The number of imidazole rings is 1. The standard InChI is InChI=1S/C32H33ClN6O3/c1-19-25(16-22(33)17-35-19)30(40)36-23-10-8-20(9-11-23)18-38-27-6-4-5-7-28(27)39(32(38)42)24-12-13-26-21(14-24)15-29(37(26)3)31(41)34-2/h4-7,12-17,20,23H,8-11,18H2,1-3H3,(H,34,41)(H,36,40)/t20-,23-. The number of aryl methyl sites for hydroxylation is 2. The van der Waals surface area contributed by atoms with Crippen LogP contribution in [0.5, 0.6) is 0 Å². The largest absolute Gasteiger partial charge is 0.354 e. The predicted molar refractivity (Wildman–Crippen MR) is 165 cm³/mol. The van der Waals surface area contributed by atoms with Crippen molar-refractivity contribution in [2.75, 3.05) is 7.05 Å². The van der Waals surface area contributed by atoms with Crippen molar-refractivity contribution in [1.82, 2.24) is 29.3 Å². The topological polar surface area (TPSA) is 103 Å². The third kappa shape index (κ3) is 4.98. The van der Waals surface area contributed by atoms with Crippen LogP contribution in [0.4, 0.5) is 0 Å². The van der Waals surface area contributed by atoms with Crippen LogP contribution in [-0.4, -0.2) is 43.6 Å². The van der Waals surface area contributed by atoms with Crippen LogP contribution in [0, 0.1) is 12.8 Å². The summed E-state index contributed by atoms with van der Waals surface area (Å²) >= 11 is 6.06. The second kappa shape index (κ2) is 11.1. The van der Waals surface area contributed by atoms with Gasteiger partial charge in [0.25, 0.3) is 11.8 Å². The van der Waals surface area contributed by atoms with E-state index in [1.807, 2.05) is 64.7 Å². The van der Waals surface area contributed by atoms with Gasteiger partial charge in [-0.1, -0.05) is 23.7 Å². The number of halogens is 1. The van der Waals surface area contributed by atoms with Gasteiger partial charge in [0, 0.05) is 43.8 Å². The van der Waals surface area contributed by atoms with Crippen molar-refractivity contribution in [2.45, 2.75) is 45.2 Å². The van der Waals surface area contributed by atoms with Gasteiger partial charge in [0.1, 0.15) is 5.69 Å². The zero-order valence-electron chi connectivity index (χ0n) is 23.9. The van der Waals surface area contributed by atoms with Gasteiger partial charge < -0.3 is 15.2 Å². The summed E-state index contributed by atoms with van der Waals surface area (Å²) in [6.07, 6.45) is 5.04. The molecule has 1 aliphatic carbocycles. The smallest absolute Gasteiger partial charge is 0.333 e. The van der Waals surface area contributed by atoms with Gasteiger partial charge in [-0.05, 0) is 81.0 Å². The summed E-state index contributed by atoms with van der Waals surface area (Å²) in [4.78, 5) is 43.3. The first kappa shape index (κ1) is 27.8. The lowest BCUT2D eigenvalue weighted by Crippen LogP contribution is -2.39. The maximum atomic E-state index is 13.9. The number of pyridine rings is 1. The number of amides is 2. The Kier molecular flexibility index (Phi) is 7.36. The highest BCUT2D eigenvalue weighted by Gasteiger charge is 2.26. The molecular weight excluding hydrogens is 552 g/mol. The SMILES string of the molecule is CNC(=O)c1cc2cc(-n3c(=O)n(C[C@H]4CC[C@H](NC(=O)c5cc(Cl)cnc5C)CC4)c4ccccc43)ccc2n1C. The summed E-state index contributed by atoms with van der Waals surface area (Å²) in [5, 5.41) is 7.16. The van der Waals surface area contributed by atoms with Crippen LogP contribution in [0.3, 0.4) is 0 Å². The number of hydrogen-bond acceptors (Lipinski definition) is 4. The Bertz CT molecular complexity index is 1890. The van der Waals surface area contributed by atoms with Crippen molar-refractivity contribution in [3.63, 3.8) is 0 Å². The number of para-hydroxylation sites is 2. The lowest BCUT2D eigenvalue weighted by molar-refractivity contribution is 0.0917. The number of carbonyl (C=O) groups is 2. The highest BCUT2D eigenvalue weighted by atomic mass is 35.5. The molecule has 0 bridgehead atoms. The first-order valence-corrected chi connectivity index (χ1v) is 14.6. The van der Waals surface area contributed by atoms with Crippen molar-refractivity contribution in [2.24, 2.45) is 13.0 Å². The molecule has 1 fully saturated rings. The van der Waals surface area contributed by atoms with E-state index >= 15 is 0 Å².